The molecule has 2 aromatic rings. The van der Waals surface area contributed by atoms with Crippen LogP contribution in [0.25, 0.3) is 10.9 Å². The van der Waals surface area contributed by atoms with Gasteiger partial charge in [-0.15, -0.1) is 0 Å². The summed E-state index contributed by atoms with van der Waals surface area (Å²) >= 11 is 2.11. The van der Waals surface area contributed by atoms with Crippen molar-refractivity contribution < 1.29 is 19.0 Å². The number of esters is 1. The second-order valence-corrected chi connectivity index (χ2v) is 4.64. The molecule has 0 atom stereocenters. The number of aromatic nitrogens is 1. The van der Waals surface area contributed by atoms with Gasteiger partial charge < -0.3 is 19.2 Å². The zero-order chi connectivity index (χ0) is 12.0. The SMILES string of the molecule is COC(=O)c1[nH]c2cc3c(cc2c1I)OCO3. The molecule has 2 heterocycles. The van der Waals surface area contributed by atoms with Crippen LogP contribution in [0.2, 0.25) is 0 Å². The monoisotopic (exact) mass is 345 g/mol. The number of nitrogens with one attached hydrogen (secondary N) is 1. The van der Waals surface area contributed by atoms with Gasteiger partial charge in [0, 0.05) is 11.5 Å². The maximum Gasteiger partial charge on any atom is 0.355 e. The first-order chi connectivity index (χ1) is 8.20. The normalized spacial score (nSPS) is 13.1. The predicted octanol–water partition coefficient (Wildman–Crippen LogP) is 2.29. The molecule has 1 aromatic heterocycles. The van der Waals surface area contributed by atoms with Gasteiger partial charge in [0.2, 0.25) is 6.79 Å². The fourth-order valence-electron chi connectivity index (χ4n) is 1.79. The Kier molecular flexibility index (Phi) is 2.39. The van der Waals surface area contributed by atoms with Crippen LogP contribution in [0.4, 0.5) is 0 Å². The molecule has 0 spiro atoms. The third-order valence-corrected chi connectivity index (χ3v) is 3.74. The zero-order valence-corrected chi connectivity index (χ0v) is 11.0. The molecule has 0 saturated carbocycles. The highest BCUT2D eigenvalue weighted by molar-refractivity contribution is 14.1. The average molecular weight is 345 g/mol. The quantitative estimate of drug-likeness (QED) is 0.637. The number of rotatable bonds is 1. The van der Waals surface area contributed by atoms with Crippen LogP contribution >= 0.6 is 22.6 Å². The van der Waals surface area contributed by atoms with Crippen LogP contribution in [-0.4, -0.2) is 24.9 Å². The molecule has 17 heavy (non-hydrogen) atoms. The van der Waals surface area contributed by atoms with Crippen molar-refractivity contribution >= 4 is 39.5 Å². The number of ether oxygens (including phenoxy) is 3. The van der Waals surface area contributed by atoms with Gasteiger partial charge >= 0.3 is 5.97 Å². The number of hydrogen-bond donors (Lipinski definition) is 1. The van der Waals surface area contributed by atoms with Crippen LogP contribution < -0.4 is 9.47 Å². The first-order valence-corrected chi connectivity index (χ1v) is 5.97. The first kappa shape index (κ1) is 10.7. The maximum absolute atomic E-state index is 11.5. The Bertz CT molecular complexity index is 619. The number of carbonyl (C=O) groups is 1. The van der Waals surface area contributed by atoms with Crippen LogP contribution in [0.5, 0.6) is 11.5 Å². The lowest BCUT2D eigenvalue weighted by atomic mass is 10.2. The van der Waals surface area contributed by atoms with Crippen molar-refractivity contribution in [1.82, 2.24) is 4.98 Å². The van der Waals surface area contributed by atoms with Crippen LogP contribution in [0.1, 0.15) is 10.5 Å². The molecule has 0 saturated heterocycles. The Balaban J connectivity index is 2.24. The predicted molar refractivity (Wildman–Crippen MR) is 68.5 cm³/mol. The van der Waals surface area contributed by atoms with Crippen LogP contribution in [0.3, 0.4) is 0 Å². The molecule has 0 fully saturated rings. The van der Waals surface area contributed by atoms with Gasteiger partial charge in [-0.2, -0.15) is 0 Å². The van der Waals surface area contributed by atoms with Crippen LogP contribution in [-0.2, 0) is 4.74 Å². The highest BCUT2D eigenvalue weighted by atomic mass is 127. The minimum atomic E-state index is -0.382. The fourth-order valence-corrected chi connectivity index (χ4v) is 2.60. The van der Waals surface area contributed by atoms with Gasteiger partial charge in [-0.3, -0.25) is 0 Å². The van der Waals surface area contributed by atoms with Crippen molar-refractivity contribution in [2.45, 2.75) is 0 Å². The Labute approximate surface area is 110 Å². The van der Waals surface area contributed by atoms with Crippen molar-refractivity contribution in [3.8, 4) is 11.5 Å². The second kappa shape index (κ2) is 3.80. The number of halogens is 1. The largest absolute Gasteiger partial charge is 0.464 e. The summed E-state index contributed by atoms with van der Waals surface area (Å²) in [7, 11) is 1.36. The molecule has 1 aliphatic rings. The average Bonchev–Trinajstić information content (AvgIpc) is 2.91. The number of benzene rings is 1. The maximum atomic E-state index is 11.5. The molecule has 5 nitrogen and oxygen atoms in total. The minimum absolute atomic E-state index is 0.238. The molecule has 0 unspecified atom stereocenters. The number of carbonyl (C=O) groups excluding carboxylic acids is 1. The van der Waals surface area contributed by atoms with Gasteiger partial charge in [0.15, 0.2) is 11.5 Å². The molecule has 0 radical (unpaired) electrons. The molecule has 1 aliphatic heterocycles. The van der Waals surface area contributed by atoms with Crippen LogP contribution in [0, 0.1) is 3.57 Å². The second-order valence-electron chi connectivity index (χ2n) is 3.56. The molecule has 0 aliphatic carbocycles. The molecular formula is C11H8INO4. The van der Waals surface area contributed by atoms with Gasteiger partial charge in [-0.25, -0.2) is 4.79 Å². The Morgan fingerprint density at radius 2 is 2.12 bits per heavy atom. The summed E-state index contributed by atoms with van der Waals surface area (Å²) in [6.07, 6.45) is 0. The summed E-state index contributed by atoms with van der Waals surface area (Å²) < 4.78 is 16.1. The molecule has 1 N–H and O–H groups in total. The summed E-state index contributed by atoms with van der Waals surface area (Å²) in [5.41, 5.74) is 1.28. The summed E-state index contributed by atoms with van der Waals surface area (Å²) in [6.45, 7) is 0.238. The minimum Gasteiger partial charge on any atom is -0.464 e. The lowest BCUT2D eigenvalue weighted by Crippen LogP contribution is -2.03. The lowest BCUT2D eigenvalue weighted by molar-refractivity contribution is 0.0594. The summed E-state index contributed by atoms with van der Waals surface area (Å²) in [6, 6.07) is 3.69. The van der Waals surface area contributed by atoms with E-state index in [1.54, 1.807) is 0 Å². The van der Waals surface area contributed by atoms with Gasteiger partial charge in [0.1, 0.15) is 5.69 Å². The van der Waals surface area contributed by atoms with Gasteiger partial charge in [0.25, 0.3) is 0 Å². The lowest BCUT2D eigenvalue weighted by Gasteiger charge is -1.96. The molecule has 1 aromatic carbocycles. The van der Waals surface area contributed by atoms with Crippen molar-refractivity contribution in [3.05, 3.63) is 21.4 Å². The van der Waals surface area contributed by atoms with E-state index in [1.165, 1.54) is 7.11 Å². The Hall–Kier alpha value is -1.44. The fraction of sp³-hybridized carbons (Fsp3) is 0.182. The van der Waals surface area contributed by atoms with E-state index in [1.807, 2.05) is 12.1 Å². The van der Waals surface area contributed by atoms with E-state index in [0.29, 0.717) is 17.2 Å². The molecular weight excluding hydrogens is 337 g/mol. The summed E-state index contributed by atoms with van der Waals surface area (Å²) in [5.74, 6) is 1.00. The van der Waals surface area contributed by atoms with Gasteiger partial charge in [0.05, 0.1) is 16.2 Å². The third-order valence-electron chi connectivity index (χ3n) is 2.62. The molecule has 6 heteroatoms. The molecule has 0 bridgehead atoms. The number of hydrogen-bond acceptors (Lipinski definition) is 4. The standard InChI is InChI=1S/C11H8INO4/c1-15-11(14)10-9(12)5-2-7-8(17-4-16-7)3-6(5)13-10/h2-3,13H,4H2,1H3. The van der Waals surface area contributed by atoms with Crippen LogP contribution in [0.15, 0.2) is 12.1 Å². The third kappa shape index (κ3) is 1.54. The van der Waals surface area contributed by atoms with Gasteiger partial charge in [-0.1, -0.05) is 0 Å². The van der Waals surface area contributed by atoms with E-state index in [9.17, 15) is 4.79 Å². The Morgan fingerprint density at radius 1 is 1.41 bits per heavy atom. The Morgan fingerprint density at radius 3 is 2.82 bits per heavy atom. The number of aromatic amines is 1. The molecule has 88 valence electrons. The number of fused-ring (bicyclic) bond motifs is 2. The van der Waals surface area contributed by atoms with E-state index >= 15 is 0 Å². The number of H-pyrrole nitrogens is 1. The van der Waals surface area contributed by atoms with E-state index in [-0.39, 0.29) is 12.8 Å². The highest BCUT2D eigenvalue weighted by Gasteiger charge is 2.21. The van der Waals surface area contributed by atoms with E-state index in [2.05, 4.69) is 27.6 Å². The van der Waals surface area contributed by atoms with E-state index in [4.69, 9.17) is 14.2 Å². The van der Waals surface area contributed by atoms with Crippen molar-refractivity contribution in [2.24, 2.45) is 0 Å². The van der Waals surface area contributed by atoms with Crippen molar-refractivity contribution in [1.29, 1.82) is 0 Å². The van der Waals surface area contributed by atoms with E-state index in [0.717, 1.165) is 14.5 Å². The van der Waals surface area contributed by atoms with Crippen molar-refractivity contribution in [3.63, 3.8) is 0 Å². The highest BCUT2D eigenvalue weighted by Crippen LogP contribution is 2.38. The summed E-state index contributed by atoms with van der Waals surface area (Å²) in [4.78, 5) is 14.6. The smallest absolute Gasteiger partial charge is 0.355 e. The molecule has 3 rings (SSSR count). The van der Waals surface area contributed by atoms with E-state index < -0.39 is 0 Å². The van der Waals surface area contributed by atoms with Gasteiger partial charge in [-0.05, 0) is 28.7 Å². The first-order valence-electron chi connectivity index (χ1n) is 4.90. The summed E-state index contributed by atoms with van der Waals surface area (Å²) in [5, 5.41) is 0.926. The van der Waals surface area contributed by atoms with Crippen molar-refractivity contribution in [2.75, 3.05) is 13.9 Å². The zero-order valence-electron chi connectivity index (χ0n) is 8.87. The molecule has 0 amide bonds. The topological polar surface area (TPSA) is 60.6 Å². The number of methoxy groups -OCH3 is 1.